The van der Waals surface area contributed by atoms with Crippen LogP contribution in [0.2, 0.25) is 0 Å². The summed E-state index contributed by atoms with van der Waals surface area (Å²) in [6, 6.07) is 2.82. The summed E-state index contributed by atoms with van der Waals surface area (Å²) in [7, 11) is 1.99. The number of piperazine rings is 1. The third kappa shape index (κ3) is 3.72. The number of rotatable bonds is 3. The summed E-state index contributed by atoms with van der Waals surface area (Å²) in [6.45, 7) is 3.34. The Bertz CT molecular complexity index is 482. The maximum absolute atomic E-state index is 13.4. The third-order valence-corrected chi connectivity index (χ3v) is 3.88. The molecule has 0 amide bonds. The van der Waals surface area contributed by atoms with Crippen LogP contribution in [0.5, 0.6) is 0 Å². The molecule has 1 aliphatic rings. The maximum atomic E-state index is 13.4. The topological polar surface area (TPSA) is 32.5 Å². The predicted octanol–water partition coefficient (Wildman–Crippen LogP) is 2.09. The molecule has 0 bridgehead atoms. The van der Waals surface area contributed by atoms with Crippen LogP contribution in [0.3, 0.4) is 0 Å². The van der Waals surface area contributed by atoms with Crippen LogP contribution in [0.15, 0.2) is 18.2 Å². The summed E-state index contributed by atoms with van der Waals surface area (Å²) in [6.07, 6.45) is -4.69. The predicted molar refractivity (Wildman–Crippen MR) is 72.3 cm³/mol. The number of hydrogen-bond acceptors (Lipinski definition) is 3. The monoisotopic (exact) mass is 305 g/mol. The van der Waals surface area contributed by atoms with Crippen LogP contribution in [0, 0.1) is 5.82 Å². The van der Waals surface area contributed by atoms with E-state index in [0.717, 1.165) is 38.3 Å². The van der Waals surface area contributed by atoms with Crippen LogP contribution in [-0.2, 0) is 6.18 Å². The minimum absolute atomic E-state index is 0.201. The fourth-order valence-electron chi connectivity index (χ4n) is 2.60. The van der Waals surface area contributed by atoms with E-state index in [4.69, 9.17) is 5.73 Å². The van der Waals surface area contributed by atoms with Gasteiger partial charge in [-0.15, -0.1) is 0 Å². The van der Waals surface area contributed by atoms with Crippen LogP contribution in [0.25, 0.3) is 0 Å². The van der Waals surface area contributed by atoms with Crippen molar-refractivity contribution in [2.45, 2.75) is 12.2 Å². The summed E-state index contributed by atoms with van der Waals surface area (Å²) < 4.78 is 51.7. The highest BCUT2D eigenvalue weighted by Crippen LogP contribution is 2.34. The quantitative estimate of drug-likeness (QED) is 0.868. The number of hydrogen-bond donors (Lipinski definition) is 1. The molecule has 1 aromatic carbocycles. The van der Waals surface area contributed by atoms with E-state index < -0.39 is 17.6 Å². The molecule has 2 rings (SSSR count). The largest absolute Gasteiger partial charge is 0.419 e. The van der Waals surface area contributed by atoms with Crippen molar-refractivity contribution in [3.8, 4) is 0 Å². The molecule has 3 nitrogen and oxygen atoms in total. The number of likely N-dealkylation sites (N-methyl/N-ethyl adjacent to an activating group) is 1. The second-order valence-corrected chi connectivity index (χ2v) is 5.33. The van der Waals surface area contributed by atoms with E-state index in [1.807, 2.05) is 11.9 Å². The summed E-state index contributed by atoms with van der Waals surface area (Å²) in [5, 5.41) is 0. The van der Waals surface area contributed by atoms with Crippen molar-refractivity contribution in [3.05, 3.63) is 35.1 Å². The van der Waals surface area contributed by atoms with Gasteiger partial charge in [0.2, 0.25) is 0 Å². The van der Waals surface area contributed by atoms with E-state index in [1.165, 1.54) is 6.07 Å². The molecule has 1 atom stereocenters. The number of halogens is 4. The Labute approximate surface area is 121 Å². The van der Waals surface area contributed by atoms with Crippen molar-refractivity contribution in [1.29, 1.82) is 0 Å². The van der Waals surface area contributed by atoms with Crippen LogP contribution >= 0.6 is 0 Å². The SMILES string of the molecule is CN1CCN(C(CN)c2ccc(F)c(C(F)(F)F)c2)CC1. The standard InChI is InChI=1S/C14H19F4N3/c1-20-4-6-21(7-5-20)13(9-19)10-2-3-12(15)11(8-10)14(16,17)18/h2-3,8,13H,4-7,9,19H2,1H3. The van der Waals surface area contributed by atoms with Gasteiger partial charge in [-0.3, -0.25) is 4.90 Å². The zero-order valence-corrected chi connectivity index (χ0v) is 11.8. The average Bonchev–Trinajstić information content (AvgIpc) is 2.42. The van der Waals surface area contributed by atoms with Crippen LogP contribution in [-0.4, -0.2) is 49.6 Å². The van der Waals surface area contributed by atoms with Gasteiger partial charge >= 0.3 is 6.18 Å². The molecule has 1 saturated heterocycles. The molecule has 1 aliphatic heterocycles. The van der Waals surface area contributed by atoms with E-state index in [1.54, 1.807) is 0 Å². The summed E-state index contributed by atoms with van der Waals surface area (Å²) in [4.78, 5) is 4.20. The van der Waals surface area contributed by atoms with Crippen molar-refractivity contribution < 1.29 is 17.6 Å². The first-order valence-electron chi connectivity index (χ1n) is 6.82. The van der Waals surface area contributed by atoms with E-state index in [2.05, 4.69) is 4.90 Å². The summed E-state index contributed by atoms with van der Waals surface area (Å²) in [5.74, 6) is -1.25. The molecular weight excluding hydrogens is 286 g/mol. The third-order valence-electron chi connectivity index (χ3n) is 3.88. The molecule has 1 aromatic rings. The van der Waals surface area contributed by atoms with Gasteiger partial charge in [-0.25, -0.2) is 4.39 Å². The normalized spacial score (nSPS) is 19.7. The molecule has 21 heavy (non-hydrogen) atoms. The van der Waals surface area contributed by atoms with Gasteiger partial charge in [-0.1, -0.05) is 6.07 Å². The fourth-order valence-corrected chi connectivity index (χ4v) is 2.60. The molecule has 1 heterocycles. The molecule has 118 valence electrons. The van der Waals surface area contributed by atoms with Gasteiger partial charge in [-0.05, 0) is 24.7 Å². The first kappa shape index (κ1) is 16.2. The Morgan fingerprint density at radius 2 is 1.81 bits per heavy atom. The first-order chi connectivity index (χ1) is 9.82. The van der Waals surface area contributed by atoms with E-state index >= 15 is 0 Å². The van der Waals surface area contributed by atoms with Crippen molar-refractivity contribution in [3.63, 3.8) is 0 Å². The highest BCUT2D eigenvalue weighted by atomic mass is 19.4. The van der Waals surface area contributed by atoms with Crippen LogP contribution in [0.4, 0.5) is 17.6 Å². The Morgan fingerprint density at radius 3 is 2.33 bits per heavy atom. The number of nitrogens with two attached hydrogens (primary N) is 1. The molecule has 0 saturated carbocycles. The van der Waals surface area contributed by atoms with Gasteiger partial charge in [0.1, 0.15) is 5.82 Å². The highest BCUT2D eigenvalue weighted by Gasteiger charge is 2.35. The molecule has 0 aromatic heterocycles. The lowest BCUT2D eigenvalue weighted by Crippen LogP contribution is -2.47. The smallest absolute Gasteiger partial charge is 0.329 e. The molecule has 0 spiro atoms. The molecular formula is C14H19F4N3. The van der Waals surface area contributed by atoms with E-state index in [0.29, 0.717) is 5.56 Å². The molecule has 1 fully saturated rings. The molecule has 2 N–H and O–H groups in total. The maximum Gasteiger partial charge on any atom is 0.419 e. The number of benzene rings is 1. The lowest BCUT2D eigenvalue weighted by molar-refractivity contribution is -0.140. The van der Waals surface area contributed by atoms with Gasteiger partial charge < -0.3 is 10.6 Å². The van der Waals surface area contributed by atoms with Crippen LogP contribution < -0.4 is 5.73 Å². The van der Waals surface area contributed by atoms with E-state index in [9.17, 15) is 17.6 Å². The first-order valence-corrected chi connectivity index (χ1v) is 6.82. The highest BCUT2D eigenvalue weighted by molar-refractivity contribution is 5.30. The second kappa shape index (κ2) is 6.29. The van der Waals surface area contributed by atoms with Gasteiger partial charge in [0.25, 0.3) is 0 Å². The van der Waals surface area contributed by atoms with Gasteiger partial charge in [0, 0.05) is 38.8 Å². The van der Waals surface area contributed by atoms with Crippen molar-refractivity contribution in [2.75, 3.05) is 39.8 Å². The zero-order chi connectivity index (χ0) is 15.6. The van der Waals surface area contributed by atoms with Gasteiger partial charge in [0.15, 0.2) is 0 Å². The lowest BCUT2D eigenvalue weighted by Gasteiger charge is -2.37. The number of nitrogens with zero attached hydrogens (tertiary/aromatic N) is 2. The Kier molecular flexibility index (Phi) is 4.85. The van der Waals surface area contributed by atoms with Gasteiger partial charge in [-0.2, -0.15) is 13.2 Å². The van der Waals surface area contributed by atoms with Gasteiger partial charge in [0.05, 0.1) is 5.56 Å². The minimum Gasteiger partial charge on any atom is -0.329 e. The summed E-state index contributed by atoms with van der Waals surface area (Å²) >= 11 is 0. The summed E-state index contributed by atoms with van der Waals surface area (Å²) in [5.41, 5.74) is 4.92. The number of alkyl halides is 3. The molecule has 0 aliphatic carbocycles. The Morgan fingerprint density at radius 1 is 1.19 bits per heavy atom. The Hall–Kier alpha value is -1.18. The van der Waals surface area contributed by atoms with Crippen molar-refractivity contribution in [1.82, 2.24) is 9.80 Å². The minimum atomic E-state index is -4.69. The molecule has 7 heteroatoms. The average molecular weight is 305 g/mol. The van der Waals surface area contributed by atoms with E-state index in [-0.39, 0.29) is 12.6 Å². The zero-order valence-electron chi connectivity index (χ0n) is 11.8. The van der Waals surface area contributed by atoms with Crippen LogP contribution in [0.1, 0.15) is 17.2 Å². The molecule has 0 radical (unpaired) electrons. The van der Waals surface area contributed by atoms with Crippen molar-refractivity contribution >= 4 is 0 Å². The fraction of sp³-hybridized carbons (Fsp3) is 0.571. The lowest BCUT2D eigenvalue weighted by atomic mass is 10.0. The Balaban J connectivity index is 2.26. The second-order valence-electron chi connectivity index (χ2n) is 5.33. The molecule has 1 unspecified atom stereocenters. The van der Waals surface area contributed by atoms with Crippen molar-refractivity contribution in [2.24, 2.45) is 5.73 Å².